The van der Waals surface area contributed by atoms with Gasteiger partial charge in [0.2, 0.25) is 0 Å². The molecule has 0 unspecified atom stereocenters. The highest BCUT2D eigenvalue weighted by molar-refractivity contribution is 6.43. The number of carbonyl (C=O) groups is 1. The standard InChI is InChI=1S/C22H23Cl2N5O2/c1-28-6-8-29(9-7-28)18-11-17-13(10-19(18)31-2)21(14(12-26-17)22(25)30)27-16-5-3-4-15(23)20(16)24/h3-5,10-12H,6-9H2,1-2H3,(H2,25,30)(H,26,27). The predicted octanol–water partition coefficient (Wildman–Crippen LogP) is 4.14. The van der Waals surface area contributed by atoms with Gasteiger partial charge in [-0.05, 0) is 31.3 Å². The summed E-state index contributed by atoms with van der Waals surface area (Å²) in [4.78, 5) is 21.2. The number of anilines is 3. The molecule has 1 fully saturated rings. The van der Waals surface area contributed by atoms with Crippen LogP contribution >= 0.6 is 23.2 Å². The number of fused-ring (bicyclic) bond motifs is 1. The number of likely N-dealkylation sites (N-methyl/N-ethyl adjacent to an activating group) is 1. The Balaban J connectivity index is 1.86. The molecule has 4 rings (SSSR count). The Morgan fingerprint density at radius 1 is 1.19 bits per heavy atom. The number of benzene rings is 2. The normalized spacial score (nSPS) is 14.6. The topological polar surface area (TPSA) is 83.7 Å². The summed E-state index contributed by atoms with van der Waals surface area (Å²) in [6.07, 6.45) is 1.48. The highest BCUT2D eigenvalue weighted by Gasteiger charge is 2.21. The van der Waals surface area contributed by atoms with Crippen LogP contribution in [0.3, 0.4) is 0 Å². The number of ether oxygens (including phenoxy) is 1. The van der Waals surface area contributed by atoms with Gasteiger partial charge in [-0.2, -0.15) is 0 Å². The third kappa shape index (κ3) is 4.21. The van der Waals surface area contributed by atoms with E-state index in [0.29, 0.717) is 38.1 Å². The summed E-state index contributed by atoms with van der Waals surface area (Å²) in [6.45, 7) is 3.71. The number of methoxy groups -OCH3 is 1. The second kappa shape index (κ2) is 8.78. The lowest BCUT2D eigenvalue weighted by Gasteiger charge is -2.34. The largest absolute Gasteiger partial charge is 0.495 e. The SMILES string of the molecule is COc1cc2c(Nc3cccc(Cl)c3Cl)c(C(N)=O)cnc2cc1N1CCN(C)CC1. The molecule has 0 bridgehead atoms. The molecule has 1 saturated heterocycles. The predicted molar refractivity (Wildman–Crippen MR) is 126 cm³/mol. The molecule has 3 aromatic rings. The lowest BCUT2D eigenvalue weighted by molar-refractivity contribution is 0.100. The number of pyridine rings is 1. The number of piperazine rings is 1. The van der Waals surface area contributed by atoms with Crippen LogP contribution in [0.15, 0.2) is 36.5 Å². The van der Waals surface area contributed by atoms with Crippen LogP contribution in [0.5, 0.6) is 5.75 Å². The fraction of sp³-hybridized carbons (Fsp3) is 0.273. The quantitative estimate of drug-likeness (QED) is 0.596. The summed E-state index contributed by atoms with van der Waals surface area (Å²) in [5.74, 6) is 0.0953. The molecule has 1 aliphatic rings. The van der Waals surface area contributed by atoms with Crippen molar-refractivity contribution >= 4 is 57.1 Å². The van der Waals surface area contributed by atoms with E-state index in [1.807, 2.05) is 12.1 Å². The van der Waals surface area contributed by atoms with Crippen molar-refractivity contribution in [2.24, 2.45) is 5.73 Å². The summed E-state index contributed by atoms with van der Waals surface area (Å²) in [5, 5.41) is 4.68. The Kier molecular flexibility index (Phi) is 6.09. The van der Waals surface area contributed by atoms with E-state index in [-0.39, 0.29) is 5.56 Å². The minimum Gasteiger partial charge on any atom is -0.495 e. The Bertz CT molecular complexity index is 1150. The Labute approximate surface area is 190 Å². The Morgan fingerprint density at radius 2 is 1.94 bits per heavy atom. The van der Waals surface area contributed by atoms with E-state index in [1.165, 1.54) is 6.20 Å². The van der Waals surface area contributed by atoms with E-state index in [0.717, 1.165) is 31.9 Å². The van der Waals surface area contributed by atoms with Crippen molar-refractivity contribution in [2.75, 3.05) is 50.6 Å². The summed E-state index contributed by atoms with van der Waals surface area (Å²) in [6, 6.07) is 9.11. The van der Waals surface area contributed by atoms with E-state index in [1.54, 1.807) is 25.3 Å². The number of nitrogens with one attached hydrogen (secondary N) is 1. The third-order valence-electron chi connectivity index (χ3n) is 5.49. The number of nitrogens with two attached hydrogens (primary N) is 1. The van der Waals surface area contributed by atoms with Gasteiger partial charge in [-0.15, -0.1) is 0 Å². The van der Waals surface area contributed by atoms with Gasteiger partial charge >= 0.3 is 0 Å². The molecule has 2 aromatic carbocycles. The smallest absolute Gasteiger partial charge is 0.252 e. The maximum atomic E-state index is 12.1. The maximum absolute atomic E-state index is 12.1. The molecular formula is C22H23Cl2N5O2. The lowest BCUT2D eigenvalue weighted by Crippen LogP contribution is -2.44. The molecule has 0 radical (unpaired) electrons. The molecule has 31 heavy (non-hydrogen) atoms. The van der Waals surface area contributed by atoms with Gasteiger partial charge in [-0.25, -0.2) is 0 Å². The average molecular weight is 460 g/mol. The van der Waals surface area contributed by atoms with Crippen LogP contribution in [0.2, 0.25) is 10.0 Å². The van der Waals surface area contributed by atoms with Gasteiger partial charge in [0, 0.05) is 37.8 Å². The van der Waals surface area contributed by atoms with Crippen molar-refractivity contribution in [3.63, 3.8) is 0 Å². The van der Waals surface area contributed by atoms with E-state index >= 15 is 0 Å². The van der Waals surface area contributed by atoms with Crippen molar-refractivity contribution in [1.82, 2.24) is 9.88 Å². The van der Waals surface area contributed by atoms with Crippen molar-refractivity contribution < 1.29 is 9.53 Å². The number of aromatic nitrogens is 1. The molecule has 1 amide bonds. The minimum atomic E-state index is -0.600. The molecule has 0 spiro atoms. The fourth-order valence-corrected chi connectivity index (χ4v) is 4.07. The molecule has 0 atom stereocenters. The zero-order chi connectivity index (χ0) is 22.1. The molecular weight excluding hydrogens is 437 g/mol. The first-order chi connectivity index (χ1) is 14.9. The van der Waals surface area contributed by atoms with E-state index in [4.69, 9.17) is 33.7 Å². The third-order valence-corrected chi connectivity index (χ3v) is 6.31. The zero-order valence-electron chi connectivity index (χ0n) is 17.3. The first kappa shape index (κ1) is 21.5. The summed E-state index contributed by atoms with van der Waals surface area (Å²) >= 11 is 12.5. The monoisotopic (exact) mass is 459 g/mol. The van der Waals surface area contributed by atoms with Crippen molar-refractivity contribution in [2.45, 2.75) is 0 Å². The van der Waals surface area contributed by atoms with Crippen molar-refractivity contribution in [1.29, 1.82) is 0 Å². The zero-order valence-corrected chi connectivity index (χ0v) is 18.8. The second-order valence-corrected chi connectivity index (χ2v) is 8.25. The van der Waals surface area contributed by atoms with E-state index in [9.17, 15) is 4.79 Å². The van der Waals surface area contributed by atoms with E-state index in [2.05, 4.69) is 27.1 Å². The maximum Gasteiger partial charge on any atom is 0.252 e. The number of rotatable bonds is 5. The molecule has 1 aromatic heterocycles. The molecule has 7 nitrogen and oxygen atoms in total. The lowest BCUT2D eigenvalue weighted by atomic mass is 10.1. The van der Waals surface area contributed by atoms with Gasteiger partial charge in [0.1, 0.15) is 5.75 Å². The first-order valence-electron chi connectivity index (χ1n) is 9.84. The van der Waals surface area contributed by atoms with Crippen LogP contribution in [0.4, 0.5) is 17.1 Å². The van der Waals surface area contributed by atoms with Crippen molar-refractivity contribution in [3.8, 4) is 5.75 Å². The Hall–Kier alpha value is -2.74. The Morgan fingerprint density at radius 3 is 2.61 bits per heavy atom. The second-order valence-electron chi connectivity index (χ2n) is 7.47. The van der Waals surface area contributed by atoms with Crippen LogP contribution in [0, 0.1) is 0 Å². The van der Waals surface area contributed by atoms with Crippen LogP contribution in [-0.4, -0.2) is 56.1 Å². The number of hydrogen-bond donors (Lipinski definition) is 2. The first-order valence-corrected chi connectivity index (χ1v) is 10.6. The number of hydrogen-bond acceptors (Lipinski definition) is 6. The van der Waals surface area contributed by atoms with Gasteiger partial charge in [0.05, 0.1) is 45.3 Å². The summed E-state index contributed by atoms with van der Waals surface area (Å²) < 4.78 is 5.71. The van der Waals surface area contributed by atoms with Gasteiger partial charge in [-0.1, -0.05) is 29.3 Å². The molecule has 0 saturated carbocycles. The summed E-state index contributed by atoms with van der Waals surface area (Å²) in [7, 11) is 3.74. The molecule has 9 heteroatoms. The van der Waals surface area contributed by atoms with Crippen LogP contribution in [0.25, 0.3) is 10.9 Å². The number of halogens is 2. The van der Waals surface area contributed by atoms with Crippen LogP contribution in [-0.2, 0) is 0 Å². The van der Waals surface area contributed by atoms with Gasteiger partial charge in [0.25, 0.3) is 5.91 Å². The summed E-state index contributed by atoms with van der Waals surface area (Å²) in [5.41, 5.74) is 8.62. The molecule has 1 aliphatic heterocycles. The van der Waals surface area contributed by atoms with Gasteiger partial charge in [-0.3, -0.25) is 9.78 Å². The van der Waals surface area contributed by atoms with Gasteiger partial charge in [0.15, 0.2) is 0 Å². The highest BCUT2D eigenvalue weighted by atomic mass is 35.5. The molecule has 162 valence electrons. The number of amides is 1. The fourth-order valence-electron chi connectivity index (χ4n) is 3.72. The molecule has 2 heterocycles. The molecule has 0 aliphatic carbocycles. The number of carbonyl (C=O) groups excluding carboxylic acids is 1. The van der Waals surface area contributed by atoms with Gasteiger partial charge < -0.3 is 25.6 Å². The van der Waals surface area contributed by atoms with Crippen LogP contribution < -0.4 is 20.7 Å². The van der Waals surface area contributed by atoms with Crippen LogP contribution in [0.1, 0.15) is 10.4 Å². The minimum absolute atomic E-state index is 0.248. The van der Waals surface area contributed by atoms with E-state index < -0.39 is 5.91 Å². The van der Waals surface area contributed by atoms with Crippen molar-refractivity contribution in [3.05, 3.63) is 52.1 Å². The number of primary amides is 1. The molecule has 3 N–H and O–H groups in total. The highest BCUT2D eigenvalue weighted by Crippen LogP contribution is 2.39. The average Bonchev–Trinajstić information content (AvgIpc) is 2.76. The number of nitrogens with zero attached hydrogens (tertiary/aromatic N) is 3.